The largest absolute Gasteiger partial charge is 0.445 e. The van der Waals surface area contributed by atoms with Gasteiger partial charge in [0.05, 0.1) is 17.1 Å². The van der Waals surface area contributed by atoms with Gasteiger partial charge in [-0.1, -0.05) is 6.07 Å². The van der Waals surface area contributed by atoms with Crippen molar-refractivity contribution in [1.29, 1.82) is 0 Å². The zero-order chi connectivity index (χ0) is 14.8. The minimum Gasteiger partial charge on any atom is -0.445 e. The summed E-state index contributed by atoms with van der Waals surface area (Å²) in [4.78, 5) is 3.94. The molecule has 20 heavy (non-hydrogen) atoms. The van der Waals surface area contributed by atoms with Crippen molar-refractivity contribution < 1.29 is 22.0 Å². The Kier molecular flexibility index (Phi) is 4.13. The molecule has 2 rings (SSSR count). The third kappa shape index (κ3) is 3.39. The second-order valence-electron chi connectivity index (χ2n) is 3.88. The first kappa shape index (κ1) is 14.6. The van der Waals surface area contributed by atoms with Gasteiger partial charge in [-0.2, -0.15) is 13.2 Å². The Hall–Kier alpha value is -1.82. The van der Waals surface area contributed by atoms with Crippen molar-refractivity contribution in [3.8, 4) is 0 Å². The van der Waals surface area contributed by atoms with Gasteiger partial charge in [0.15, 0.2) is 0 Å². The highest BCUT2D eigenvalue weighted by molar-refractivity contribution is 6.16. The molecule has 0 unspecified atom stereocenters. The van der Waals surface area contributed by atoms with E-state index in [0.717, 1.165) is 12.1 Å². The quantitative estimate of drug-likeness (QED) is 0.604. The molecule has 0 amide bonds. The SMILES string of the molecule is Fc1cc(C(F)(F)F)ccc1/C=C/c1nc(CCl)co1. The molecule has 1 aromatic carbocycles. The molecule has 0 saturated heterocycles. The average molecular weight is 306 g/mol. The molecule has 1 heterocycles. The van der Waals surface area contributed by atoms with Gasteiger partial charge in [-0.3, -0.25) is 0 Å². The summed E-state index contributed by atoms with van der Waals surface area (Å²) in [5.74, 6) is -0.605. The van der Waals surface area contributed by atoms with Crippen LogP contribution in [0.15, 0.2) is 28.9 Å². The van der Waals surface area contributed by atoms with E-state index in [0.29, 0.717) is 11.8 Å². The topological polar surface area (TPSA) is 26.0 Å². The van der Waals surface area contributed by atoms with E-state index < -0.39 is 17.6 Å². The lowest BCUT2D eigenvalue weighted by Crippen LogP contribution is -2.05. The highest BCUT2D eigenvalue weighted by Crippen LogP contribution is 2.30. The van der Waals surface area contributed by atoms with Gasteiger partial charge in [0, 0.05) is 11.6 Å². The van der Waals surface area contributed by atoms with Gasteiger partial charge in [-0.15, -0.1) is 11.6 Å². The van der Waals surface area contributed by atoms with Crippen LogP contribution in [-0.2, 0) is 12.1 Å². The van der Waals surface area contributed by atoms with E-state index in [1.807, 2.05) is 0 Å². The van der Waals surface area contributed by atoms with Crippen LogP contribution in [0.5, 0.6) is 0 Å². The predicted octanol–water partition coefficient (Wildman–Crippen LogP) is 4.74. The second kappa shape index (κ2) is 5.66. The van der Waals surface area contributed by atoms with Crippen molar-refractivity contribution >= 4 is 23.8 Å². The number of nitrogens with zero attached hydrogens (tertiary/aromatic N) is 1. The fourth-order valence-corrected chi connectivity index (χ4v) is 1.58. The Morgan fingerprint density at radius 1 is 1.25 bits per heavy atom. The van der Waals surface area contributed by atoms with Crippen LogP contribution in [0.4, 0.5) is 17.6 Å². The summed E-state index contributed by atoms with van der Waals surface area (Å²) in [5, 5.41) is 0. The van der Waals surface area contributed by atoms with Crippen LogP contribution >= 0.6 is 11.6 Å². The van der Waals surface area contributed by atoms with Crippen LogP contribution in [0.1, 0.15) is 22.7 Å². The average Bonchev–Trinajstić information content (AvgIpc) is 2.84. The third-order valence-electron chi connectivity index (χ3n) is 2.44. The summed E-state index contributed by atoms with van der Waals surface area (Å²) < 4.78 is 55.7. The van der Waals surface area contributed by atoms with Gasteiger partial charge < -0.3 is 4.42 Å². The van der Waals surface area contributed by atoms with Crippen LogP contribution in [-0.4, -0.2) is 4.98 Å². The van der Waals surface area contributed by atoms with Crippen molar-refractivity contribution in [2.75, 3.05) is 0 Å². The molecule has 0 atom stereocenters. The molecule has 0 N–H and O–H groups in total. The summed E-state index contributed by atoms with van der Waals surface area (Å²) in [5.41, 5.74) is -0.518. The molecule has 0 bridgehead atoms. The van der Waals surface area contributed by atoms with Crippen LogP contribution in [0.2, 0.25) is 0 Å². The van der Waals surface area contributed by atoms with Gasteiger partial charge in [-0.25, -0.2) is 9.37 Å². The molecule has 0 radical (unpaired) electrons. The van der Waals surface area contributed by atoms with Gasteiger partial charge in [0.25, 0.3) is 0 Å². The van der Waals surface area contributed by atoms with Gasteiger partial charge in [-0.05, 0) is 18.2 Å². The summed E-state index contributed by atoms with van der Waals surface area (Å²) in [6, 6.07) is 2.29. The first-order chi connectivity index (χ1) is 9.40. The van der Waals surface area contributed by atoms with Crippen molar-refractivity contribution in [3.63, 3.8) is 0 Å². The maximum Gasteiger partial charge on any atom is 0.416 e. The molecule has 0 aliphatic rings. The molecule has 7 heteroatoms. The van der Waals surface area contributed by atoms with E-state index in [1.54, 1.807) is 0 Å². The zero-order valence-corrected chi connectivity index (χ0v) is 10.7. The summed E-state index contributed by atoms with van der Waals surface area (Å²) >= 11 is 5.53. The smallest absolute Gasteiger partial charge is 0.416 e. The molecule has 106 valence electrons. The van der Waals surface area contributed by atoms with Crippen molar-refractivity contribution in [3.05, 3.63) is 53.0 Å². The Labute approximate surface area is 116 Å². The van der Waals surface area contributed by atoms with E-state index >= 15 is 0 Å². The number of benzene rings is 1. The van der Waals surface area contributed by atoms with Crippen molar-refractivity contribution in [1.82, 2.24) is 4.98 Å². The Morgan fingerprint density at radius 2 is 2.00 bits per heavy atom. The van der Waals surface area contributed by atoms with Crippen LogP contribution in [0.3, 0.4) is 0 Å². The first-order valence-corrected chi connectivity index (χ1v) is 5.99. The van der Waals surface area contributed by atoms with E-state index in [1.165, 1.54) is 18.4 Å². The molecule has 0 saturated carbocycles. The number of alkyl halides is 4. The van der Waals surface area contributed by atoms with Gasteiger partial charge >= 0.3 is 6.18 Å². The molecule has 0 aliphatic carbocycles. The fourth-order valence-electron chi connectivity index (χ4n) is 1.46. The van der Waals surface area contributed by atoms with Crippen molar-refractivity contribution in [2.45, 2.75) is 12.1 Å². The standard InChI is InChI=1S/C13H8ClF4NO/c14-6-10-7-20-12(19-10)4-2-8-1-3-9(5-11(8)15)13(16,17)18/h1-5,7H,6H2/b4-2+. The molecular formula is C13H8ClF4NO. The van der Waals surface area contributed by atoms with E-state index in [4.69, 9.17) is 16.0 Å². The number of hydrogen-bond acceptors (Lipinski definition) is 2. The molecule has 2 nitrogen and oxygen atoms in total. The lowest BCUT2D eigenvalue weighted by Gasteiger charge is -2.07. The number of hydrogen-bond donors (Lipinski definition) is 0. The monoisotopic (exact) mass is 305 g/mol. The number of aromatic nitrogens is 1. The van der Waals surface area contributed by atoms with Crippen LogP contribution in [0.25, 0.3) is 12.2 Å². The van der Waals surface area contributed by atoms with Crippen LogP contribution in [0, 0.1) is 5.82 Å². The van der Waals surface area contributed by atoms with Gasteiger partial charge in [0.1, 0.15) is 12.1 Å². The third-order valence-corrected chi connectivity index (χ3v) is 2.71. The van der Waals surface area contributed by atoms with Crippen LogP contribution < -0.4 is 0 Å². The summed E-state index contributed by atoms with van der Waals surface area (Å²) in [6.07, 6.45) is -0.599. The minimum absolute atomic E-state index is 0.00336. The molecule has 0 aliphatic heterocycles. The lowest BCUT2D eigenvalue weighted by atomic mass is 10.1. The molecule has 0 fully saturated rings. The number of oxazole rings is 1. The second-order valence-corrected chi connectivity index (χ2v) is 4.15. The molecule has 2 aromatic rings. The minimum atomic E-state index is -4.57. The van der Waals surface area contributed by atoms with E-state index in [9.17, 15) is 17.6 Å². The number of halogens is 5. The lowest BCUT2D eigenvalue weighted by molar-refractivity contribution is -0.137. The van der Waals surface area contributed by atoms with E-state index in [-0.39, 0.29) is 17.3 Å². The molecule has 0 spiro atoms. The Morgan fingerprint density at radius 3 is 2.55 bits per heavy atom. The molecular weight excluding hydrogens is 298 g/mol. The van der Waals surface area contributed by atoms with Crippen molar-refractivity contribution in [2.24, 2.45) is 0 Å². The Bertz CT molecular complexity index is 634. The number of rotatable bonds is 3. The summed E-state index contributed by atoms with van der Waals surface area (Å²) in [7, 11) is 0. The highest BCUT2D eigenvalue weighted by Gasteiger charge is 2.30. The predicted molar refractivity (Wildman–Crippen MR) is 66.4 cm³/mol. The maximum atomic E-state index is 13.5. The highest BCUT2D eigenvalue weighted by atomic mass is 35.5. The Balaban J connectivity index is 2.21. The summed E-state index contributed by atoms with van der Waals surface area (Å²) in [6.45, 7) is 0. The normalized spacial score (nSPS) is 12.2. The van der Waals surface area contributed by atoms with Gasteiger partial charge in [0.2, 0.25) is 5.89 Å². The van der Waals surface area contributed by atoms with E-state index in [2.05, 4.69) is 4.98 Å². The molecule has 1 aromatic heterocycles. The first-order valence-electron chi connectivity index (χ1n) is 5.45. The fraction of sp³-hybridized carbons (Fsp3) is 0.154. The zero-order valence-electron chi connectivity index (χ0n) is 9.92. The maximum absolute atomic E-state index is 13.5.